The second kappa shape index (κ2) is 3.58. The average Bonchev–Trinajstić information content (AvgIpc) is 2.02. The number of aryl methyl sites for hydroxylation is 1. The van der Waals surface area contributed by atoms with Crippen molar-refractivity contribution in [2.75, 3.05) is 0 Å². The van der Waals surface area contributed by atoms with Crippen LogP contribution >= 0.6 is 15.9 Å². The molecule has 2 heteroatoms. The van der Waals surface area contributed by atoms with E-state index in [0.29, 0.717) is 0 Å². The van der Waals surface area contributed by atoms with Crippen molar-refractivity contribution >= 4 is 15.9 Å². The first kappa shape index (κ1) is 9.75. The molecule has 0 spiro atoms. The molecule has 0 fully saturated rings. The van der Waals surface area contributed by atoms with Crippen molar-refractivity contribution in [3.63, 3.8) is 0 Å². The fourth-order valence-corrected chi connectivity index (χ4v) is 1.89. The van der Waals surface area contributed by atoms with Gasteiger partial charge in [-0.2, -0.15) is 0 Å². The van der Waals surface area contributed by atoms with Crippen molar-refractivity contribution in [3.8, 4) is 0 Å². The van der Waals surface area contributed by atoms with Crippen LogP contribution in [0.15, 0.2) is 10.5 Å². The molecule has 0 heterocycles. The first-order chi connectivity index (χ1) is 5.57. The highest BCUT2D eigenvalue weighted by Crippen LogP contribution is 2.25. The van der Waals surface area contributed by atoms with E-state index in [0.717, 1.165) is 15.6 Å². The van der Waals surface area contributed by atoms with Crippen molar-refractivity contribution in [2.24, 2.45) is 0 Å². The lowest BCUT2D eigenvalue weighted by molar-refractivity contribution is 0.280. The summed E-state index contributed by atoms with van der Waals surface area (Å²) in [5, 5.41) is 9.13. The third-order valence-corrected chi connectivity index (χ3v) is 3.18. The Morgan fingerprint density at radius 2 is 1.83 bits per heavy atom. The van der Waals surface area contributed by atoms with Gasteiger partial charge in [0, 0.05) is 4.47 Å². The van der Waals surface area contributed by atoms with Gasteiger partial charge in [0.05, 0.1) is 6.61 Å². The molecule has 1 N–H and O–H groups in total. The van der Waals surface area contributed by atoms with E-state index in [-0.39, 0.29) is 6.61 Å². The molecule has 12 heavy (non-hydrogen) atoms. The van der Waals surface area contributed by atoms with Crippen molar-refractivity contribution in [1.82, 2.24) is 0 Å². The molecule has 0 amide bonds. The minimum absolute atomic E-state index is 0.123. The highest BCUT2D eigenvalue weighted by molar-refractivity contribution is 9.10. The van der Waals surface area contributed by atoms with Crippen LogP contribution in [0.1, 0.15) is 22.3 Å². The maximum Gasteiger partial charge on any atom is 0.0687 e. The number of hydrogen-bond donors (Lipinski definition) is 1. The lowest BCUT2D eigenvalue weighted by Gasteiger charge is -2.11. The summed E-state index contributed by atoms with van der Waals surface area (Å²) in [6.45, 7) is 6.24. The summed E-state index contributed by atoms with van der Waals surface area (Å²) < 4.78 is 1.08. The maximum absolute atomic E-state index is 9.13. The molecule has 0 atom stereocenters. The Morgan fingerprint density at radius 1 is 1.25 bits per heavy atom. The second-order valence-corrected chi connectivity index (χ2v) is 3.92. The normalized spacial score (nSPS) is 10.4. The van der Waals surface area contributed by atoms with Crippen LogP contribution < -0.4 is 0 Å². The molecule has 1 nitrogen and oxygen atoms in total. The van der Waals surface area contributed by atoms with E-state index in [1.54, 1.807) is 0 Å². The minimum atomic E-state index is 0.123. The van der Waals surface area contributed by atoms with Gasteiger partial charge >= 0.3 is 0 Å². The minimum Gasteiger partial charge on any atom is -0.392 e. The topological polar surface area (TPSA) is 20.2 Å². The molecule has 0 aliphatic rings. The zero-order valence-electron chi connectivity index (χ0n) is 7.61. The predicted octanol–water partition coefficient (Wildman–Crippen LogP) is 2.87. The van der Waals surface area contributed by atoms with Gasteiger partial charge in [-0.25, -0.2) is 0 Å². The van der Waals surface area contributed by atoms with E-state index >= 15 is 0 Å². The molecule has 0 saturated carbocycles. The van der Waals surface area contributed by atoms with Gasteiger partial charge in [-0.15, -0.1) is 0 Å². The number of halogens is 1. The molecule has 1 aromatic rings. The number of aliphatic hydroxyl groups excluding tert-OH is 1. The molecule has 0 unspecified atom stereocenters. The Morgan fingerprint density at radius 3 is 2.33 bits per heavy atom. The maximum atomic E-state index is 9.13. The summed E-state index contributed by atoms with van der Waals surface area (Å²) in [7, 11) is 0. The zero-order valence-corrected chi connectivity index (χ0v) is 9.20. The number of aliphatic hydroxyl groups is 1. The molecule has 0 saturated heterocycles. The summed E-state index contributed by atoms with van der Waals surface area (Å²) in [4.78, 5) is 0. The smallest absolute Gasteiger partial charge is 0.0687 e. The third kappa shape index (κ3) is 1.54. The van der Waals surface area contributed by atoms with Gasteiger partial charge < -0.3 is 5.11 Å². The molecule has 0 aliphatic heterocycles. The zero-order chi connectivity index (χ0) is 9.30. The standard InChI is InChI=1S/C10H13BrO/c1-6-4-10(11)8(3)9(5-12)7(6)2/h4,12H,5H2,1-3H3. The van der Waals surface area contributed by atoms with Crippen LogP contribution in [-0.4, -0.2) is 5.11 Å². The van der Waals surface area contributed by atoms with Crippen molar-refractivity contribution < 1.29 is 5.11 Å². The van der Waals surface area contributed by atoms with Crippen LogP contribution in [0.2, 0.25) is 0 Å². The van der Waals surface area contributed by atoms with Crippen LogP contribution in [0.3, 0.4) is 0 Å². The summed E-state index contributed by atoms with van der Waals surface area (Å²) in [6.07, 6.45) is 0. The summed E-state index contributed by atoms with van der Waals surface area (Å²) >= 11 is 3.46. The van der Waals surface area contributed by atoms with Crippen LogP contribution in [0.25, 0.3) is 0 Å². The van der Waals surface area contributed by atoms with Gasteiger partial charge in [0.2, 0.25) is 0 Å². The Balaban J connectivity index is 3.42. The summed E-state index contributed by atoms with van der Waals surface area (Å²) in [6, 6.07) is 2.09. The molecule has 1 rings (SSSR count). The first-order valence-corrected chi connectivity index (χ1v) is 4.73. The monoisotopic (exact) mass is 228 g/mol. The van der Waals surface area contributed by atoms with E-state index in [4.69, 9.17) is 5.11 Å². The Kier molecular flexibility index (Phi) is 2.91. The molecular weight excluding hydrogens is 216 g/mol. The highest BCUT2D eigenvalue weighted by Gasteiger charge is 2.07. The first-order valence-electron chi connectivity index (χ1n) is 3.94. The molecule has 0 aromatic heterocycles. The molecule has 1 aromatic carbocycles. The molecular formula is C10H13BrO. The third-order valence-electron chi connectivity index (χ3n) is 2.36. The van der Waals surface area contributed by atoms with Crippen molar-refractivity contribution in [3.05, 3.63) is 32.8 Å². The van der Waals surface area contributed by atoms with Crippen molar-refractivity contribution in [1.29, 1.82) is 0 Å². The van der Waals surface area contributed by atoms with E-state index in [2.05, 4.69) is 28.9 Å². The van der Waals surface area contributed by atoms with Gasteiger partial charge in [-0.1, -0.05) is 15.9 Å². The highest BCUT2D eigenvalue weighted by atomic mass is 79.9. The number of benzene rings is 1. The average molecular weight is 229 g/mol. The van der Waals surface area contributed by atoms with E-state index in [9.17, 15) is 0 Å². The van der Waals surface area contributed by atoms with Gasteiger partial charge in [0.15, 0.2) is 0 Å². The van der Waals surface area contributed by atoms with Gasteiger partial charge in [0.1, 0.15) is 0 Å². The Hall–Kier alpha value is -0.340. The van der Waals surface area contributed by atoms with E-state index in [1.165, 1.54) is 11.1 Å². The Bertz CT molecular complexity index is 279. The molecule has 66 valence electrons. The Labute approximate surface area is 81.6 Å². The van der Waals surface area contributed by atoms with Crippen LogP contribution in [0.4, 0.5) is 0 Å². The quantitative estimate of drug-likeness (QED) is 0.784. The molecule has 0 bridgehead atoms. The lowest BCUT2D eigenvalue weighted by atomic mass is 9.99. The van der Waals surface area contributed by atoms with E-state index < -0.39 is 0 Å². The molecule has 0 aliphatic carbocycles. The fourth-order valence-electron chi connectivity index (χ4n) is 1.31. The van der Waals surface area contributed by atoms with E-state index in [1.807, 2.05) is 13.8 Å². The van der Waals surface area contributed by atoms with Gasteiger partial charge in [0.25, 0.3) is 0 Å². The van der Waals surface area contributed by atoms with Gasteiger partial charge in [-0.3, -0.25) is 0 Å². The van der Waals surface area contributed by atoms with Crippen LogP contribution in [0.5, 0.6) is 0 Å². The summed E-state index contributed by atoms with van der Waals surface area (Å²) in [5.41, 5.74) is 4.59. The fraction of sp³-hybridized carbons (Fsp3) is 0.400. The largest absolute Gasteiger partial charge is 0.392 e. The SMILES string of the molecule is Cc1cc(Br)c(C)c(CO)c1C. The number of rotatable bonds is 1. The van der Waals surface area contributed by atoms with Gasteiger partial charge in [-0.05, 0) is 49.1 Å². The summed E-state index contributed by atoms with van der Waals surface area (Å²) in [5.74, 6) is 0. The lowest BCUT2D eigenvalue weighted by Crippen LogP contribution is -1.96. The second-order valence-electron chi connectivity index (χ2n) is 3.06. The van der Waals surface area contributed by atoms with Crippen LogP contribution in [0, 0.1) is 20.8 Å². The van der Waals surface area contributed by atoms with Crippen LogP contribution in [-0.2, 0) is 6.61 Å². The van der Waals surface area contributed by atoms with Crippen molar-refractivity contribution in [2.45, 2.75) is 27.4 Å². The predicted molar refractivity (Wildman–Crippen MR) is 54.3 cm³/mol. The number of hydrogen-bond acceptors (Lipinski definition) is 1. The molecule has 0 radical (unpaired) electrons.